The summed E-state index contributed by atoms with van der Waals surface area (Å²) in [7, 11) is 0. The van der Waals surface area contributed by atoms with Crippen molar-refractivity contribution in [3.05, 3.63) is 24.3 Å². The Morgan fingerprint density at radius 3 is 2.50 bits per heavy atom. The Bertz CT molecular complexity index is 526. The molecule has 0 atom stereocenters. The fourth-order valence-corrected chi connectivity index (χ4v) is 1.64. The van der Waals surface area contributed by atoms with Gasteiger partial charge >= 0.3 is 6.36 Å². The lowest BCUT2D eigenvalue weighted by Gasteiger charge is -2.15. The zero-order chi connectivity index (χ0) is 16.6. The van der Waals surface area contributed by atoms with E-state index in [0.29, 0.717) is 13.0 Å². The van der Waals surface area contributed by atoms with Gasteiger partial charge in [-0.3, -0.25) is 0 Å². The molecule has 1 aromatic carbocycles. The standard InChI is InChI=1S/C12H14F3N3O3S/c13-12(14,15)21-9-5-2-1-4-8(9)18-10(22)16-6-3-7-17-11(19)20/h1-2,4-5,17H,3,6-7H2,(H,19,20)(H2,16,18,22)/p-1. The van der Waals surface area contributed by atoms with Crippen LogP contribution in [0.2, 0.25) is 0 Å². The molecule has 0 aromatic heterocycles. The number of nitrogens with one attached hydrogen (secondary N) is 3. The Morgan fingerprint density at radius 1 is 1.23 bits per heavy atom. The maximum Gasteiger partial charge on any atom is 0.573 e. The minimum absolute atomic E-state index is 0.0604. The molecule has 0 fully saturated rings. The van der Waals surface area contributed by atoms with Crippen LogP contribution in [0.3, 0.4) is 0 Å². The van der Waals surface area contributed by atoms with Gasteiger partial charge in [-0.2, -0.15) is 0 Å². The van der Waals surface area contributed by atoms with Crippen LogP contribution in [0.1, 0.15) is 6.42 Å². The Hall–Kier alpha value is -2.23. The van der Waals surface area contributed by atoms with E-state index < -0.39 is 18.2 Å². The number of para-hydroxylation sites is 2. The number of thiocarbonyl (C=S) groups is 1. The Kier molecular flexibility index (Phi) is 6.70. The average molecular weight is 336 g/mol. The summed E-state index contributed by atoms with van der Waals surface area (Å²) in [4.78, 5) is 10.1. The summed E-state index contributed by atoms with van der Waals surface area (Å²) in [5, 5.41) is 17.6. The van der Waals surface area contributed by atoms with Crippen LogP contribution in [0.15, 0.2) is 24.3 Å². The van der Waals surface area contributed by atoms with E-state index in [0.717, 1.165) is 6.07 Å². The van der Waals surface area contributed by atoms with Crippen molar-refractivity contribution in [2.45, 2.75) is 12.8 Å². The van der Waals surface area contributed by atoms with E-state index in [1.165, 1.54) is 18.2 Å². The second kappa shape index (κ2) is 8.27. The van der Waals surface area contributed by atoms with Gasteiger partial charge in [0.15, 0.2) is 10.9 Å². The molecule has 122 valence electrons. The molecule has 0 radical (unpaired) electrons. The third-order valence-corrected chi connectivity index (χ3v) is 2.52. The molecular formula is C12H13F3N3O3S-. The fraction of sp³-hybridized carbons (Fsp3) is 0.333. The van der Waals surface area contributed by atoms with Crippen LogP contribution in [0, 0.1) is 0 Å². The topological polar surface area (TPSA) is 85.5 Å². The molecule has 0 aliphatic rings. The van der Waals surface area contributed by atoms with Gasteiger partial charge < -0.3 is 30.6 Å². The molecule has 0 aliphatic carbocycles. The van der Waals surface area contributed by atoms with Gasteiger partial charge in [0.25, 0.3) is 0 Å². The van der Waals surface area contributed by atoms with Gasteiger partial charge in [0.1, 0.15) is 6.09 Å². The maximum atomic E-state index is 12.3. The zero-order valence-corrected chi connectivity index (χ0v) is 12.0. The highest BCUT2D eigenvalue weighted by atomic mass is 32.1. The summed E-state index contributed by atoms with van der Waals surface area (Å²) in [6.45, 7) is 0.500. The Balaban J connectivity index is 2.46. The number of amides is 1. The predicted molar refractivity (Wildman–Crippen MR) is 75.4 cm³/mol. The first-order chi connectivity index (χ1) is 10.3. The lowest BCUT2D eigenvalue weighted by molar-refractivity contribution is -0.274. The average Bonchev–Trinajstić information content (AvgIpc) is 2.38. The smallest absolute Gasteiger partial charge is 0.530 e. The lowest BCUT2D eigenvalue weighted by atomic mass is 10.3. The molecule has 6 nitrogen and oxygen atoms in total. The van der Waals surface area contributed by atoms with Crippen molar-refractivity contribution in [1.29, 1.82) is 0 Å². The van der Waals surface area contributed by atoms with Crippen LogP contribution < -0.4 is 25.8 Å². The second-order valence-corrected chi connectivity index (χ2v) is 4.40. The molecule has 22 heavy (non-hydrogen) atoms. The molecule has 0 aliphatic heterocycles. The van der Waals surface area contributed by atoms with Crippen LogP contribution in [0.5, 0.6) is 5.75 Å². The molecule has 1 aromatic rings. The van der Waals surface area contributed by atoms with E-state index in [4.69, 9.17) is 12.2 Å². The minimum Gasteiger partial charge on any atom is -0.530 e. The summed E-state index contributed by atoms with van der Waals surface area (Å²) < 4.78 is 40.6. The lowest BCUT2D eigenvalue weighted by Crippen LogP contribution is -2.38. The van der Waals surface area contributed by atoms with E-state index in [1.807, 2.05) is 0 Å². The molecule has 10 heteroatoms. The van der Waals surface area contributed by atoms with Crippen LogP contribution in [-0.2, 0) is 0 Å². The van der Waals surface area contributed by atoms with E-state index in [9.17, 15) is 23.1 Å². The number of rotatable bonds is 6. The van der Waals surface area contributed by atoms with Crippen molar-refractivity contribution >= 4 is 29.1 Å². The fourth-order valence-electron chi connectivity index (χ4n) is 1.43. The van der Waals surface area contributed by atoms with Crippen molar-refractivity contribution in [3.8, 4) is 5.75 Å². The third-order valence-electron chi connectivity index (χ3n) is 2.27. The quantitative estimate of drug-likeness (QED) is 0.535. The van der Waals surface area contributed by atoms with Gasteiger partial charge in [-0.25, -0.2) is 0 Å². The first kappa shape index (κ1) is 17.8. The monoisotopic (exact) mass is 336 g/mol. The number of ether oxygens (including phenoxy) is 1. The number of hydrogen-bond donors (Lipinski definition) is 3. The highest BCUT2D eigenvalue weighted by Crippen LogP contribution is 2.29. The first-order valence-corrected chi connectivity index (χ1v) is 6.53. The molecule has 0 bridgehead atoms. The summed E-state index contributed by atoms with van der Waals surface area (Å²) >= 11 is 4.93. The Labute approximate surface area is 129 Å². The molecule has 0 spiro atoms. The summed E-state index contributed by atoms with van der Waals surface area (Å²) in [6, 6.07) is 5.46. The number of hydrogen-bond acceptors (Lipinski definition) is 4. The van der Waals surface area contributed by atoms with Crippen LogP contribution in [0.4, 0.5) is 23.7 Å². The second-order valence-electron chi connectivity index (χ2n) is 3.99. The normalized spacial score (nSPS) is 10.7. The largest absolute Gasteiger partial charge is 0.573 e. The zero-order valence-electron chi connectivity index (χ0n) is 11.2. The summed E-state index contributed by atoms with van der Waals surface area (Å²) in [5.41, 5.74) is 0.0604. The molecule has 1 amide bonds. The number of halogens is 3. The van der Waals surface area contributed by atoms with E-state index >= 15 is 0 Å². The number of benzene rings is 1. The Morgan fingerprint density at radius 2 is 1.86 bits per heavy atom. The van der Waals surface area contributed by atoms with Gasteiger partial charge in [-0.15, -0.1) is 13.2 Å². The molecule has 0 heterocycles. The molecule has 3 N–H and O–H groups in total. The molecule has 0 saturated carbocycles. The van der Waals surface area contributed by atoms with Crippen LogP contribution >= 0.6 is 12.2 Å². The van der Waals surface area contributed by atoms with Crippen LogP contribution in [-0.4, -0.2) is 30.7 Å². The van der Waals surface area contributed by atoms with E-state index in [-0.39, 0.29) is 17.3 Å². The predicted octanol–water partition coefficient (Wildman–Crippen LogP) is 1.19. The van der Waals surface area contributed by atoms with E-state index in [2.05, 4.69) is 20.7 Å². The van der Waals surface area contributed by atoms with Crippen molar-refractivity contribution in [2.75, 3.05) is 18.4 Å². The highest BCUT2D eigenvalue weighted by Gasteiger charge is 2.32. The molecule has 1 rings (SSSR count). The van der Waals surface area contributed by atoms with Gasteiger partial charge in [0, 0.05) is 13.1 Å². The third kappa shape index (κ3) is 7.53. The first-order valence-electron chi connectivity index (χ1n) is 6.12. The number of anilines is 1. The van der Waals surface area contributed by atoms with Crippen molar-refractivity contribution in [2.24, 2.45) is 0 Å². The van der Waals surface area contributed by atoms with Gasteiger partial charge in [-0.05, 0) is 30.8 Å². The minimum atomic E-state index is -4.80. The van der Waals surface area contributed by atoms with Crippen molar-refractivity contribution in [1.82, 2.24) is 10.6 Å². The van der Waals surface area contributed by atoms with Crippen molar-refractivity contribution < 1.29 is 27.8 Å². The highest BCUT2D eigenvalue weighted by molar-refractivity contribution is 7.80. The number of carboxylic acid groups (broad SMARTS) is 1. The summed E-state index contributed by atoms with van der Waals surface area (Å²) in [6.07, 6.45) is -5.75. The maximum absolute atomic E-state index is 12.3. The van der Waals surface area contributed by atoms with Crippen molar-refractivity contribution in [3.63, 3.8) is 0 Å². The van der Waals surface area contributed by atoms with Gasteiger partial charge in [0.2, 0.25) is 0 Å². The number of carbonyl (C=O) groups is 1. The number of carbonyl (C=O) groups excluding carboxylic acids is 1. The van der Waals surface area contributed by atoms with E-state index in [1.54, 1.807) is 0 Å². The van der Waals surface area contributed by atoms with Crippen LogP contribution in [0.25, 0.3) is 0 Å². The number of alkyl halides is 3. The van der Waals surface area contributed by atoms with Gasteiger partial charge in [-0.1, -0.05) is 12.1 Å². The molecule has 0 saturated heterocycles. The SMILES string of the molecule is O=C([O-])NCCCNC(=S)Nc1ccccc1OC(F)(F)F. The molecule has 0 unspecified atom stereocenters. The molecular weight excluding hydrogens is 323 g/mol. The summed E-state index contributed by atoms with van der Waals surface area (Å²) in [5.74, 6) is -0.405. The van der Waals surface area contributed by atoms with Gasteiger partial charge in [0.05, 0.1) is 5.69 Å².